The maximum absolute atomic E-state index is 5.24. The van der Waals surface area contributed by atoms with E-state index < -0.39 is 0 Å². The van der Waals surface area contributed by atoms with Gasteiger partial charge in [-0.2, -0.15) is 5.10 Å². The van der Waals surface area contributed by atoms with Crippen LogP contribution >= 0.6 is 12.2 Å². The van der Waals surface area contributed by atoms with Crippen LogP contribution in [0.4, 0.5) is 0 Å². The second-order valence-electron chi connectivity index (χ2n) is 4.13. The SMILES string of the molecule is Cc1ccccc1-c1n[nH]c(=S)n1C(C)C. The average Bonchev–Trinajstić information content (AvgIpc) is 2.61. The number of nitrogens with one attached hydrogen (secondary N) is 1. The van der Waals surface area contributed by atoms with Gasteiger partial charge in [-0.15, -0.1) is 0 Å². The van der Waals surface area contributed by atoms with Crippen LogP contribution in [0.1, 0.15) is 25.5 Å². The number of H-pyrrole nitrogens is 1. The fourth-order valence-electron chi connectivity index (χ4n) is 1.80. The first kappa shape index (κ1) is 11.1. The lowest BCUT2D eigenvalue weighted by atomic mass is 10.1. The van der Waals surface area contributed by atoms with E-state index in [-0.39, 0.29) is 0 Å². The van der Waals surface area contributed by atoms with Crippen LogP contribution in [0.3, 0.4) is 0 Å². The van der Waals surface area contributed by atoms with Crippen molar-refractivity contribution in [3.05, 3.63) is 34.6 Å². The van der Waals surface area contributed by atoms with Gasteiger partial charge in [0.05, 0.1) is 0 Å². The summed E-state index contributed by atoms with van der Waals surface area (Å²) >= 11 is 5.24. The van der Waals surface area contributed by atoms with E-state index in [2.05, 4.69) is 43.1 Å². The maximum atomic E-state index is 5.24. The van der Waals surface area contributed by atoms with Gasteiger partial charge in [-0.25, -0.2) is 0 Å². The maximum Gasteiger partial charge on any atom is 0.195 e. The van der Waals surface area contributed by atoms with Gasteiger partial charge >= 0.3 is 0 Å². The van der Waals surface area contributed by atoms with E-state index in [1.807, 2.05) is 16.7 Å². The summed E-state index contributed by atoms with van der Waals surface area (Å²) in [5.41, 5.74) is 2.34. The lowest BCUT2D eigenvalue weighted by Crippen LogP contribution is -2.03. The van der Waals surface area contributed by atoms with Crippen LogP contribution in [0.25, 0.3) is 11.4 Å². The Balaban J connectivity index is 2.66. The summed E-state index contributed by atoms with van der Waals surface area (Å²) in [5, 5.41) is 7.17. The van der Waals surface area contributed by atoms with Crippen molar-refractivity contribution in [2.24, 2.45) is 0 Å². The van der Waals surface area contributed by atoms with Crippen LogP contribution in [0.5, 0.6) is 0 Å². The first-order valence-corrected chi connectivity index (χ1v) is 5.75. The van der Waals surface area contributed by atoms with Crippen LogP contribution in [0, 0.1) is 11.7 Å². The number of rotatable bonds is 2. The Labute approximate surface area is 100 Å². The molecular formula is C12H15N3S. The first-order valence-electron chi connectivity index (χ1n) is 5.34. The third kappa shape index (κ3) is 1.80. The van der Waals surface area contributed by atoms with E-state index in [1.165, 1.54) is 5.56 Å². The van der Waals surface area contributed by atoms with Crippen LogP contribution in [0.2, 0.25) is 0 Å². The number of aromatic amines is 1. The molecule has 0 saturated heterocycles. The minimum Gasteiger partial charge on any atom is -0.298 e. The fraction of sp³-hybridized carbons (Fsp3) is 0.333. The second kappa shape index (κ2) is 4.22. The summed E-state index contributed by atoms with van der Waals surface area (Å²) in [7, 11) is 0. The molecule has 0 fully saturated rings. The normalized spacial score (nSPS) is 11.0. The Kier molecular flexibility index (Phi) is 2.92. The molecule has 84 valence electrons. The first-order chi connectivity index (χ1) is 7.61. The molecule has 0 unspecified atom stereocenters. The standard InChI is InChI=1S/C12H15N3S/c1-8(2)15-11(13-14-12(15)16)10-7-5-4-6-9(10)3/h4-8H,1-3H3,(H,14,16). The Morgan fingerprint density at radius 3 is 2.62 bits per heavy atom. The molecule has 1 aromatic heterocycles. The minimum atomic E-state index is 0.306. The molecule has 0 aliphatic carbocycles. The number of aromatic nitrogens is 3. The van der Waals surface area contributed by atoms with E-state index in [0.29, 0.717) is 10.8 Å². The molecule has 0 aliphatic heterocycles. The van der Waals surface area contributed by atoms with Crippen molar-refractivity contribution in [1.29, 1.82) is 0 Å². The van der Waals surface area contributed by atoms with Crippen molar-refractivity contribution < 1.29 is 0 Å². The molecule has 0 radical (unpaired) electrons. The molecule has 0 aliphatic rings. The molecule has 3 nitrogen and oxygen atoms in total. The van der Waals surface area contributed by atoms with E-state index >= 15 is 0 Å². The smallest absolute Gasteiger partial charge is 0.195 e. The van der Waals surface area contributed by atoms with Gasteiger partial charge < -0.3 is 0 Å². The van der Waals surface area contributed by atoms with Crippen molar-refractivity contribution in [2.45, 2.75) is 26.8 Å². The predicted octanol–water partition coefficient (Wildman–Crippen LogP) is 3.50. The monoisotopic (exact) mass is 233 g/mol. The lowest BCUT2D eigenvalue weighted by Gasteiger charge is -2.11. The number of aryl methyl sites for hydroxylation is 1. The summed E-state index contributed by atoms with van der Waals surface area (Å²) in [4.78, 5) is 0. The predicted molar refractivity (Wildman–Crippen MR) is 68.0 cm³/mol. The van der Waals surface area contributed by atoms with Crippen molar-refractivity contribution in [2.75, 3.05) is 0 Å². The number of benzene rings is 1. The molecule has 2 rings (SSSR count). The summed E-state index contributed by atoms with van der Waals surface area (Å²) in [6.07, 6.45) is 0. The van der Waals surface area contributed by atoms with Crippen molar-refractivity contribution >= 4 is 12.2 Å². The highest BCUT2D eigenvalue weighted by Crippen LogP contribution is 2.23. The van der Waals surface area contributed by atoms with E-state index in [9.17, 15) is 0 Å². The highest BCUT2D eigenvalue weighted by Gasteiger charge is 2.12. The molecule has 16 heavy (non-hydrogen) atoms. The molecule has 2 aromatic rings. The third-order valence-electron chi connectivity index (χ3n) is 2.61. The number of nitrogens with zero attached hydrogens (tertiary/aromatic N) is 2. The zero-order valence-corrected chi connectivity index (χ0v) is 10.5. The van der Waals surface area contributed by atoms with Crippen LogP contribution in [0.15, 0.2) is 24.3 Å². The quantitative estimate of drug-likeness (QED) is 0.805. The Hall–Kier alpha value is -1.42. The van der Waals surface area contributed by atoms with Gasteiger partial charge in [0.15, 0.2) is 10.6 Å². The van der Waals surface area contributed by atoms with E-state index in [0.717, 1.165) is 11.4 Å². The molecule has 1 heterocycles. The van der Waals surface area contributed by atoms with Gasteiger partial charge in [-0.1, -0.05) is 24.3 Å². The third-order valence-corrected chi connectivity index (χ3v) is 2.89. The fourth-order valence-corrected chi connectivity index (χ4v) is 2.14. The topological polar surface area (TPSA) is 33.6 Å². The molecule has 0 saturated carbocycles. The molecule has 1 N–H and O–H groups in total. The van der Waals surface area contributed by atoms with Gasteiger partial charge in [0.2, 0.25) is 0 Å². The summed E-state index contributed by atoms with van der Waals surface area (Å²) in [5.74, 6) is 0.915. The molecule has 0 amide bonds. The van der Waals surface area contributed by atoms with E-state index in [4.69, 9.17) is 12.2 Å². The second-order valence-corrected chi connectivity index (χ2v) is 4.52. The van der Waals surface area contributed by atoms with Crippen LogP contribution in [-0.2, 0) is 0 Å². The molecule has 1 aromatic carbocycles. The van der Waals surface area contributed by atoms with Crippen molar-refractivity contribution in [3.63, 3.8) is 0 Å². The molecular weight excluding hydrogens is 218 g/mol. The number of hydrogen-bond donors (Lipinski definition) is 1. The van der Waals surface area contributed by atoms with Gasteiger partial charge in [0, 0.05) is 11.6 Å². The average molecular weight is 233 g/mol. The zero-order chi connectivity index (χ0) is 11.7. The van der Waals surface area contributed by atoms with Crippen LogP contribution in [-0.4, -0.2) is 14.8 Å². The van der Waals surface area contributed by atoms with Gasteiger partial charge in [-0.05, 0) is 38.6 Å². The van der Waals surface area contributed by atoms with E-state index in [1.54, 1.807) is 0 Å². The minimum absolute atomic E-state index is 0.306. The number of hydrogen-bond acceptors (Lipinski definition) is 2. The molecule has 4 heteroatoms. The lowest BCUT2D eigenvalue weighted by molar-refractivity contribution is 0.597. The van der Waals surface area contributed by atoms with Gasteiger partial charge in [0.1, 0.15) is 0 Å². The molecule has 0 atom stereocenters. The Bertz CT molecular complexity index is 551. The van der Waals surface area contributed by atoms with Gasteiger partial charge in [-0.3, -0.25) is 9.67 Å². The van der Waals surface area contributed by atoms with Crippen molar-refractivity contribution in [3.8, 4) is 11.4 Å². The van der Waals surface area contributed by atoms with Crippen molar-refractivity contribution in [1.82, 2.24) is 14.8 Å². The summed E-state index contributed by atoms with van der Waals surface area (Å²) in [6, 6.07) is 8.50. The zero-order valence-electron chi connectivity index (χ0n) is 9.69. The molecule has 0 bridgehead atoms. The summed E-state index contributed by atoms with van der Waals surface area (Å²) < 4.78 is 2.71. The molecule has 0 spiro atoms. The Morgan fingerprint density at radius 1 is 1.31 bits per heavy atom. The highest BCUT2D eigenvalue weighted by molar-refractivity contribution is 7.71. The highest BCUT2D eigenvalue weighted by atomic mass is 32.1. The van der Waals surface area contributed by atoms with Gasteiger partial charge in [0.25, 0.3) is 0 Å². The Morgan fingerprint density at radius 2 is 2.00 bits per heavy atom. The largest absolute Gasteiger partial charge is 0.298 e. The van der Waals surface area contributed by atoms with Crippen LogP contribution < -0.4 is 0 Å². The summed E-state index contributed by atoms with van der Waals surface area (Å²) in [6.45, 7) is 6.29.